The Morgan fingerprint density at radius 1 is 1.41 bits per heavy atom. The summed E-state index contributed by atoms with van der Waals surface area (Å²) in [5, 5.41) is 22.0. The Labute approximate surface area is 252 Å². The molecule has 0 bridgehead atoms. The highest BCUT2D eigenvalue weighted by molar-refractivity contribution is 8.19. The van der Waals surface area contributed by atoms with Gasteiger partial charge in [0, 0.05) is 18.2 Å². The lowest BCUT2D eigenvalue weighted by Gasteiger charge is -2.57. The molecule has 4 unspecified atom stereocenters. The van der Waals surface area contributed by atoms with E-state index in [1.54, 1.807) is 11.6 Å². The number of carboxylic acids is 1. The number of nitrogens with one attached hydrogen (secondary N) is 3. The lowest BCUT2D eigenvalue weighted by atomic mass is 10.0. The number of thiazole rings is 1. The molecule has 2 saturated heterocycles. The minimum atomic E-state index is -1.35. The third-order valence-electron chi connectivity index (χ3n) is 5.79. The highest BCUT2D eigenvalue weighted by Crippen LogP contribution is 2.54. The summed E-state index contributed by atoms with van der Waals surface area (Å²) in [4.78, 5) is 87.3. The van der Waals surface area contributed by atoms with Crippen molar-refractivity contribution in [1.29, 1.82) is 0 Å². The third kappa shape index (κ3) is 6.40. The molecule has 41 heavy (non-hydrogen) atoms. The number of fused-ring (bicyclic) bond motifs is 1. The van der Waals surface area contributed by atoms with Gasteiger partial charge in [-0.05, 0) is 6.26 Å². The molecule has 0 aliphatic carbocycles. The van der Waals surface area contributed by atoms with Gasteiger partial charge in [-0.1, -0.05) is 16.9 Å². The summed E-state index contributed by atoms with van der Waals surface area (Å²) >= 11 is 10.1. The number of oxime groups is 1. The molecule has 2 aliphatic rings. The quantitative estimate of drug-likeness (QED) is 0.0566. The molecule has 2 aliphatic heterocycles. The molecule has 0 spiro atoms. The molecule has 0 saturated carbocycles. The summed E-state index contributed by atoms with van der Waals surface area (Å²) in [7, 11) is 1.45. The highest BCUT2D eigenvalue weighted by Gasteiger charge is 2.63. The number of carbonyl (C=O) groups excluding carboxylic acids is 3. The van der Waals surface area contributed by atoms with Crippen LogP contribution in [0.3, 0.4) is 0 Å². The van der Waals surface area contributed by atoms with E-state index >= 15 is 0 Å². The van der Waals surface area contributed by atoms with Crippen LogP contribution in [-0.4, -0.2) is 99.1 Å². The molecule has 3 amide bonds. The van der Waals surface area contributed by atoms with Crippen molar-refractivity contribution in [2.75, 3.05) is 17.9 Å². The molecule has 220 valence electrons. The van der Waals surface area contributed by atoms with Crippen molar-refractivity contribution in [1.82, 2.24) is 35.3 Å². The van der Waals surface area contributed by atoms with Crippen molar-refractivity contribution < 1.29 is 29.1 Å². The topological polar surface area (TPSA) is 218 Å². The predicted octanol–water partition coefficient (Wildman–Crippen LogP) is -1.01. The first-order valence-electron chi connectivity index (χ1n) is 11.3. The van der Waals surface area contributed by atoms with Crippen LogP contribution < -0.4 is 21.8 Å². The Morgan fingerprint density at radius 2 is 2.17 bits per heavy atom. The minimum Gasteiger partial charge on any atom is -0.480 e. The standard InChI is InChI=1S/C20H21ClN8O8S4/c1-28-19(26-13(32)14(33)27-28)41-20(38-2)6-40-17-11(16(34)29(17)12(20)18(35)36)24-10(31)4-23-37-15(25-9(30)3-21)8-5-39-7-22-8/h4-5,7,11-12,15,17H,3,6H2,1-2H3,(H,24,31)(H,25,30)(H,27,33)(H,35,36)/t11?,12?,15?,17-,20?/m0/s1. The molecule has 4 rings (SSSR count). The number of halogens is 1. The van der Waals surface area contributed by atoms with Crippen LogP contribution in [0.4, 0.5) is 0 Å². The molecule has 16 nitrogen and oxygen atoms in total. The van der Waals surface area contributed by atoms with E-state index < -0.39 is 62.6 Å². The van der Waals surface area contributed by atoms with Crippen LogP contribution in [0.25, 0.3) is 0 Å². The van der Waals surface area contributed by atoms with Crippen LogP contribution in [0.1, 0.15) is 11.9 Å². The maximum Gasteiger partial charge on any atom is 0.339 e. The second kappa shape index (κ2) is 12.8. The number of nitrogens with zero attached hydrogens (tertiary/aromatic N) is 5. The van der Waals surface area contributed by atoms with E-state index in [2.05, 4.69) is 30.9 Å². The number of hydrogen-bond acceptors (Lipinski definition) is 14. The van der Waals surface area contributed by atoms with Crippen molar-refractivity contribution in [2.45, 2.75) is 32.9 Å². The number of thioether (sulfide) groups is 3. The Balaban J connectivity index is 1.45. The van der Waals surface area contributed by atoms with Gasteiger partial charge in [0.25, 0.3) is 5.91 Å². The summed E-state index contributed by atoms with van der Waals surface area (Å²) in [6, 6.07) is -2.38. The van der Waals surface area contributed by atoms with Gasteiger partial charge in [-0.25, -0.2) is 9.78 Å². The summed E-state index contributed by atoms with van der Waals surface area (Å²) < 4.78 is 0.0328. The van der Waals surface area contributed by atoms with Gasteiger partial charge in [-0.15, -0.1) is 46.5 Å². The molecular weight excluding hydrogens is 644 g/mol. The molecule has 2 fully saturated rings. The zero-order valence-electron chi connectivity index (χ0n) is 21.0. The first kappa shape index (κ1) is 30.9. The number of aryl methyl sites for hydroxylation is 1. The van der Waals surface area contributed by atoms with Crippen LogP contribution in [0.2, 0.25) is 0 Å². The van der Waals surface area contributed by atoms with Gasteiger partial charge in [0.1, 0.15) is 33.3 Å². The van der Waals surface area contributed by atoms with Gasteiger partial charge in [0.05, 0.1) is 5.51 Å². The van der Waals surface area contributed by atoms with Gasteiger partial charge >= 0.3 is 17.1 Å². The number of aromatic nitrogens is 4. The van der Waals surface area contributed by atoms with Crippen molar-refractivity contribution in [3.63, 3.8) is 0 Å². The number of alkyl halides is 1. The zero-order valence-corrected chi connectivity index (χ0v) is 25.0. The van der Waals surface area contributed by atoms with E-state index in [0.29, 0.717) is 5.69 Å². The Kier molecular flexibility index (Phi) is 9.67. The fraction of sp³-hybridized carbons (Fsp3) is 0.450. The fourth-order valence-electron chi connectivity index (χ4n) is 3.89. The van der Waals surface area contributed by atoms with Crippen LogP contribution >= 0.6 is 58.2 Å². The highest BCUT2D eigenvalue weighted by atomic mass is 35.5. The van der Waals surface area contributed by atoms with E-state index in [9.17, 15) is 33.9 Å². The molecule has 2 aromatic rings. The molecule has 2 aromatic heterocycles. The molecular formula is C20H21ClN8O8S4. The number of β-lactam (4-membered cyclic amide) rings is 1. The average Bonchev–Trinajstić information content (AvgIpc) is 3.48. The van der Waals surface area contributed by atoms with Crippen LogP contribution in [0, 0.1) is 0 Å². The van der Waals surface area contributed by atoms with Crippen LogP contribution in [0.5, 0.6) is 0 Å². The van der Waals surface area contributed by atoms with Crippen molar-refractivity contribution in [2.24, 2.45) is 12.2 Å². The molecule has 5 atom stereocenters. The number of aliphatic carboxylic acids is 1. The van der Waals surface area contributed by atoms with Crippen molar-refractivity contribution >= 4 is 88.1 Å². The van der Waals surface area contributed by atoms with E-state index in [-0.39, 0.29) is 16.8 Å². The number of hydrogen-bond donors (Lipinski definition) is 4. The number of aromatic amines is 1. The summed E-state index contributed by atoms with van der Waals surface area (Å²) in [6.45, 7) is 0. The third-order valence-corrected chi connectivity index (χ3v) is 11.5. The minimum absolute atomic E-state index is 0.0708. The Hall–Kier alpha value is -3.07. The second-order valence-corrected chi connectivity index (χ2v) is 13.1. The largest absolute Gasteiger partial charge is 0.480 e. The van der Waals surface area contributed by atoms with Crippen LogP contribution in [0.15, 0.2) is 30.8 Å². The Bertz CT molecular complexity index is 1490. The number of carbonyl (C=O) groups is 4. The smallest absolute Gasteiger partial charge is 0.339 e. The summed E-state index contributed by atoms with van der Waals surface area (Å²) in [5.74, 6) is -3.40. The first-order chi connectivity index (χ1) is 19.5. The zero-order chi connectivity index (χ0) is 29.9. The van der Waals surface area contributed by atoms with Gasteiger partial charge in [-0.2, -0.15) is 4.98 Å². The van der Waals surface area contributed by atoms with Gasteiger partial charge < -0.3 is 25.5 Å². The van der Waals surface area contributed by atoms with Gasteiger partial charge in [0.15, 0.2) is 11.2 Å². The number of amides is 3. The van der Waals surface area contributed by atoms with E-state index in [1.807, 2.05) is 0 Å². The van der Waals surface area contributed by atoms with Crippen LogP contribution in [-0.2, 0) is 31.1 Å². The first-order valence-corrected chi connectivity index (χ1v) is 15.9. The van der Waals surface area contributed by atoms with Crippen molar-refractivity contribution in [3.8, 4) is 0 Å². The monoisotopic (exact) mass is 664 g/mol. The molecule has 0 radical (unpaired) electrons. The lowest BCUT2D eigenvalue weighted by Crippen LogP contribution is -2.78. The maximum atomic E-state index is 13.1. The fourth-order valence-corrected chi connectivity index (χ4v) is 8.92. The molecule has 21 heteroatoms. The number of H-pyrrole nitrogens is 1. The summed E-state index contributed by atoms with van der Waals surface area (Å²) in [5.41, 5.74) is -0.103. The number of rotatable bonds is 11. The second-order valence-electron chi connectivity index (χ2n) is 8.33. The van der Waals surface area contributed by atoms with Gasteiger partial charge in [0.2, 0.25) is 18.0 Å². The Morgan fingerprint density at radius 3 is 2.80 bits per heavy atom. The van der Waals surface area contributed by atoms with E-state index in [1.165, 1.54) is 57.0 Å². The number of carboxylic acid groups (broad SMARTS) is 1. The molecule has 4 N–H and O–H groups in total. The van der Waals surface area contributed by atoms with E-state index in [4.69, 9.17) is 16.4 Å². The van der Waals surface area contributed by atoms with Crippen molar-refractivity contribution in [3.05, 3.63) is 37.3 Å². The maximum absolute atomic E-state index is 13.1. The van der Waals surface area contributed by atoms with E-state index in [0.717, 1.165) is 18.0 Å². The molecule has 4 heterocycles. The predicted molar refractivity (Wildman–Crippen MR) is 152 cm³/mol. The van der Waals surface area contributed by atoms with Gasteiger partial charge in [-0.3, -0.25) is 33.8 Å². The average molecular weight is 665 g/mol. The molecule has 0 aromatic carbocycles. The SMILES string of the molecule is CSC1(Sc2nc(=O)c(=O)[nH]n2C)CS[C@H]2C(NC(=O)C=NOC(NC(=O)CCl)c3cscn3)C(=O)N2C1C(=O)O. The normalized spacial score (nSPS) is 24.3. The lowest BCUT2D eigenvalue weighted by molar-refractivity contribution is -0.162. The summed E-state index contributed by atoms with van der Waals surface area (Å²) in [6.07, 6.45) is 1.34.